The van der Waals surface area contributed by atoms with E-state index in [-0.39, 0.29) is 24.0 Å². The normalized spacial score (nSPS) is 11.0. The van der Waals surface area contributed by atoms with Crippen molar-refractivity contribution in [2.45, 2.75) is 26.4 Å². The van der Waals surface area contributed by atoms with Gasteiger partial charge in [0, 0.05) is 39.3 Å². The van der Waals surface area contributed by atoms with Gasteiger partial charge < -0.3 is 15.2 Å². The number of halogens is 2. The Kier molecular flexibility index (Phi) is 8.85. The van der Waals surface area contributed by atoms with E-state index in [0.717, 1.165) is 36.9 Å². The van der Waals surface area contributed by atoms with Crippen molar-refractivity contribution in [3.8, 4) is 0 Å². The Hall–Kier alpha value is -1.42. The number of hydrogen-bond acceptors (Lipinski definition) is 4. The second-order valence-electron chi connectivity index (χ2n) is 4.64. The lowest BCUT2D eigenvalue weighted by Crippen LogP contribution is -2.38. The van der Waals surface area contributed by atoms with Crippen molar-refractivity contribution < 1.29 is 0 Å². The molecule has 0 saturated carbocycles. The molecule has 0 bridgehead atoms. The minimum atomic E-state index is 0. The molecule has 2 heterocycles. The molecule has 2 rings (SSSR count). The summed E-state index contributed by atoms with van der Waals surface area (Å²) in [5, 5.41) is 15.0. The highest BCUT2D eigenvalue weighted by atomic mass is 127. The fourth-order valence-corrected chi connectivity index (χ4v) is 2.06. The van der Waals surface area contributed by atoms with Crippen molar-refractivity contribution in [2.24, 2.45) is 4.99 Å². The number of rotatable bonds is 6. The second-order valence-corrected chi connectivity index (χ2v) is 5.02. The van der Waals surface area contributed by atoms with E-state index in [1.807, 2.05) is 10.6 Å². The van der Waals surface area contributed by atoms with Crippen LogP contribution in [0, 0.1) is 0 Å². The Labute approximate surface area is 158 Å². The van der Waals surface area contributed by atoms with Crippen LogP contribution in [-0.4, -0.2) is 39.3 Å². The summed E-state index contributed by atoms with van der Waals surface area (Å²) in [6.45, 7) is 4.23. The largest absolute Gasteiger partial charge is 0.355 e. The summed E-state index contributed by atoms with van der Waals surface area (Å²) in [5.41, 5.74) is 1.04. The van der Waals surface area contributed by atoms with Crippen LogP contribution in [0.1, 0.15) is 18.3 Å². The van der Waals surface area contributed by atoms with Gasteiger partial charge in [-0.25, -0.2) is 4.98 Å². The smallest absolute Gasteiger partial charge is 0.191 e. The topological polar surface area (TPSA) is 80.0 Å². The van der Waals surface area contributed by atoms with Gasteiger partial charge in [-0.3, -0.25) is 4.99 Å². The monoisotopic (exact) mass is 449 g/mol. The summed E-state index contributed by atoms with van der Waals surface area (Å²) < 4.78 is 2.03. The number of hydrogen-bond donors (Lipinski definition) is 2. The predicted molar refractivity (Wildman–Crippen MR) is 102 cm³/mol. The van der Waals surface area contributed by atoms with E-state index in [0.29, 0.717) is 11.7 Å². The predicted octanol–water partition coefficient (Wildman–Crippen LogP) is 1.87. The molecular weight excluding hydrogens is 429 g/mol. The van der Waals surface area contributed by atoms with Gasteiger partial charge in [0.05, 0.1) is 0 Å². The first-order valence-electron chi connectivity index (χ1n) is 7.14. The van der Waals surface area contributed by atoms with Gasteiger partial charge in [-0.15, -0.1) is 34.2 Å². The van der Waals surface area contributed by atoms with Crippen LogP contribution in [-0.2, 0) is 19.5 Å². The fraction of sp³-hybridized carbons (Fsp3) is 0.429. The maximum Gasteiger partial charge on any atom is 0.191 e. The molecular formula is C14H21ClIN7. The van der Waals surface area contributed by atoms with Gasteiger partial charge in [-0.05, 0) is 11.6 Å². The lowest BCUT2D eigenvalue weighted by Gasteiger charge is -2.12. The van der Waals surface area contributed by atoms with Crippen molar-refractivity contribution in [2.75, 3.05) is 13.6 Å². The molecule has 23 heavy (non-hydrogen) atoms. The summed E-state index contributed by atoms with van der Waals surface area (Å²) in [4.78, 5) is 8.24. The first kappa shape index (κ1) is 19.6. The van der Waals surface area contributed by atoms with Crippen LogP contribution in [0.15, 0.2) is 29.6 Å². The third kappa shape index (κ3) is 6.30. The highest BCUT2D eigenvalue weighted by Gasteiger charge is 2.02. The zero-order chi connectivity index (χ0) is 15.8. The number of aromatic nitrogens is 4. The van der Waals surface area contributed by atoms with Gasteiger partial charge in [0.25, 0.3) is 0 Å². The van der Waals surface area contributed by atoms with Crippen LogP contribution >= 0.6 is 35.6 Å². The van der Waals surface area contributed by atoms with Gasteiger partial charge >= 0.3 is 0 Å². The lowest BCUT2D eigenvalue weighted by molar-refractivity contribution is 0.632. The fourth-order valence-electron chi connectivity index (χ4n) is 1.95. The first-order chi connectivity index (χ1) is 10.7. The second kappa shape index (κ2) is 10.4. The summed E-state index contributed by atoms with van der Waals surface area (Å²) in [6.07, 6.45) is 4.36. The number of aliphatic imine (C=N–C) groups is 1. The van der Waals surface area contributed by atoms with E-state index in [4.69, 9.17) is 11.6 Å². The number of pyridine rings is 1. The van der Waals surface area contributed by atoms with Gasteiger partial charge in [-0.2, -0.15) is 0 Å². The van der Waals surface area contributed by atoms with E-state index in [1.54, 1.807) is 25.6 Å². The van der Waals surface area contributed by atoms with Crippen LogP contribution in [0.3, 0.4) is 0 Å². The Morgan fingerprint density at radius 2 is 2.17 bits per heavy atom. The molecule has 0 radical (unpaired) electrons. The third-order valence-electron chi connectivity index (χ3n) is 3.13. The molecule has 0 amide bonds. The van der Waals surface area contributed by atoms with Gasteiger partial charge in [-0.1, -0.05) is 24.6 Å². The Balaban J connectivity index is 0.00000264. The maximum atomic E-state index is 5.76. The number of nitrogens with zero attached hydrogens (tertiary/aromatic N) is 5. The highest BCUT2D eigenvalue weighted by molar-refractivity contribution is 14.0. The molecule has 0 unspecified atom stereocenters. The molecule has 2 aromatic heterocycles. The van der Waals surface area contributed by atoms with Gasteiger partial charge in [0.2, 0.25) is 0 Å². The molecule has 7 nitrogen and oxygen atoms in total. The van der Waals surface area contributed by atoms with Crippen LogP contribution < -0.4 is 10.6 Å². The van der Waals surface area contributed by atoms with E-state index in [9.17, 15) is 0 Å². The lowest BCUT2D eigenvalue weighted by atomic mass is 10.3. The van der Waals surface area contributed by atoms with Crippen LogP contribution in [0.4, 0.5) is 0 Å². The molecule has 0 spiro atoms. The van der Waals surface area contributed by atoms with E-state index in [1.165, 1.54) is 0 Å². The molecule has 0 saturated heterocycles. The van der Waals surface area contributed by atoms with E-state index >= 15 is 0 Å². The Morgan fingerprint density at radius 1 is 1.35 bits per heavy atom. The van der Waals surface area contributed by atoms with Crippen molar-refractivity contribution in [3.05, 3.63) is 41.2 Å². The van der Waals surface area contributed by atoms with Gasteiger partial charge in [0.15, 0.2) is 5.96 Å². The summed E-state index contributed by atoms with van der Waals surface area (Å²) in [5.74, 6) is 1.72. The van der Waals surface area contributed by atoms with Crippen molar-refractivity contribution in [3.63, 3.8) is 0 Å². The average Bonchev–Trinajstić information content (AvgIpc) is 2.99. The number of guanidine groups is 1. The molecule has 0 fully saturated rings. The van der Waals surface area contributed by atoms with Crippen LogP contribution in [0.25, 0.3) is 0 Å². The van der Waals surface area contributed by atoms with Crippen molar-refractivity contribution in [1.29, 1.82) is 0 Å². The minimum Gasteiger partial charge on any atom is -0.355 e. The summed E-state index contributed by atoms with van der Waals surface area (Å²) in [7, 11) is 1.74. The van der Waals surface area contributed by atoms with Crippen molar-refractivity contribution >= 4 is 41.5 Å². The standard InChI is InChI=1S/C14H20ClN7.HI/c1-3-13-21-20-10-22(13)7-6-17-14(16-2)19-9-11-4-5-12(15)18-8-11;/h4-5,8,10H,3,6-7,9H2,1-2H3,(H2,16,17,19);1H. The van der Waals surface area contributed by atoms with Crippen molar-refractivity contribution in [1.82, 2.24) is 30.4 Å². The van der Waals surface area contributed by atoms with Crippen LogP contribution in [0.5, 0.6) is 0 Å². The molecule has 2 N–H and O–H groups in total. The zero-order valence-electron chi connectivity index (χ0n) is 13.2. The Bertz CT molecular complexity index is 612. The SMILES string of the molecule is CCc1nncn1CCNC(=NC)NCc1ccc(Cl)nc1.I. The maximum absolute atomic E-state index is 5.76. The zero-order valence-corrected chi connectivity index (χ0v) is 16.2. The molecule has 0 aliphatic rings. The molecule has 0 aromatic carbocycles. The van der Waals surface area contributed by atoms with Gasteiger partial charge in [0.1, 0.15) is 17.3 Å². The summed E-state index contributed by atoms with van der Waals surface area (Å²) >= 11 is 5.76. The summed E-state index contributed by atoms with van der Waals surface area (Å²) in [6, 6.07) is 3.70. The molecule has 0 atom stereocenters. The Morgan fingerprint density at radius 3 is 2.83 bits per heavy atom. The minimum absolute atomic E-state index is 0. The van der Waals surface area contributed by atoms with Crippen LogP contribution in [0.2, 0.25) is 5.15 Å². The highest BCUT2D eigenvalue weighted by Crippen LogP contribution is 2.04. The number of aryl methyl sites for hydroxylation is 1. The molecule has 2 aromatic rings. The molecule has 9 heteroatoms. The quantitative estimate of drug-likeness (QED) is 0.305. The van der Waals surface area contributed by atoms with E-state index < -0.39 is 0 Å². The first-order valence-corrected chi connectivity index (χ1v) is 7.52. The number of nitrogens with one attached hydrogen (secondary N) is 2. The van der Waals surface area contributed by atoms with E-state index in [2.05, 4.69) is 37.7 Å². The molecule has 0 aliphatic carbocycles. The molecule has 126 valence electrons. The third-order valence-corrected chi connectivity index (χ3v) is 3.35. The molecule has 0 aliphatic heterocycles. The average molecular weight is 450 g/mol.